The van der Waals surface area contributed by atoms with Gasteiger partial charge in [-0.25, -0.2) is 9.59 Å². The molecule has 0 fully saturated rings. The Kier molecular flexibility index (Phi) is 17.9. The lowest BCUT2D eigenvalue weighted by molar-refractivity contribution is -0.138. The fourth-order valence-electron chi connectivity index (χ4n) is 2.93. The summed E-state index contributed by atoms with van der Waals surface area (Å²) in [7, 11) is 0. The molecule has 0 saturated heterocycles. The number of hydrogen-bond donors (Lipinski definition) is 4. The van der Waals surface area contributed by atoms with Crippen LogP contribution in [0.4, 0.5) is 0 Å². The summed E-state index contributed by atoms with van der Waals surface area (Å²) in [5.41, 5.74) is 0.415. The molecule has 0 unspecified atom stereocenters. The molecule has 0 amide bonds. The number of benzene rings is 2. The highest BCUT2D eigenvalue weighted by Gasteiger charge is 2.09. The van der Waals surface area contributed by atoms with Crippen LogP contribution >= 0.6 is 0 Å². The van der Waals surface area contributed by atoms with Gasteiger partial charge in [0.15, 0.2) is 0 Å². The van der Waals surface area contributed by atoms with Crippen LogP contribution in [0.25, 0.3) is 0 Å². The highest BCUT2D eigenvalue weighted by Crippen LogP contribution is 2.18. The molecule has 2 rings (SSSR count). The molecule has 0 aliphatic heterocycles. The molecule has 10 nitrogen and oxygen atoms in total. The summed E-state index contributed by atoms with van der Waals surface area (Å²) in [5.74, 6) is -2.59. The van der Waals surface area contributed by atoms with Crippen molar-refractivity contribution in [2.45, 2.75) is 58.8 Å². The van der Waals surface area contributed by atoms with Gasteiger partial charge in [0.05, 0.1) is 13.2 Å². The van der Waals surface area contributed by atoms with Gasteiger partial charge in [0, 0.05) is 12.8 Å². The van der Waals surface area contributed by atoms with Gasteiger partial charge in [0.25, 0.3) is 0 Å². The second-order valence-corrected chi connectivity index (χ2v) is 7.52. The van der Waals surface area contributed by atoms with Crippen molar-refractivity contribution in [3.8, 4) is 11.5 Å². The van der Waals surface area contributed by atoms with Crippen LogP contribution in [0.3, 0.4) is 0 Å². The molecule has 204 valence electrons. The summed E-state index contributed by atoms with van der Waals surface area (Å²) in [6, 6.07) is 13.2. The van der Waals surface area contributed by atoms with Gasteiger partial charge in [0.1, 0.15) is 22.6 Å². The standard InChI is InChI=1S/C9H16O4.2C9H10O3/c10-8(11)6-4-2-1-3-5-7-9(12)13;2*1-2-12-8-6-4-3-5-7(8)9(10)11/h1-7H2,(H,10,11)(H,12,13);2*3-6H,2H2,1H3,(H,10,11). The first-order chi connectivity index (χ1) is 17.6. The van der Waals surface area contributed by atoms with Crippen LogP contribution in [-0.4, -0.2) is 57.5 Å². The smallest absolute Gasteiger partial charge is 0.339 e. The van der Waals surface area contributed by atoms with Crippen molar-refractivity contribution >= 4 is 23.9 Å². The Bertz CT molecular complexity index is 894. The van der Waals surface area contributed by atoms with Crippen LogP contribution in [0.2, 0.25) is 0 Å². The maximum Gasteiger partial charge on any atom is 0.339 e. The third-order valence-corrected chi connectivity index (χ3v) is 4.62. The zero-order chi connectivity index (χ0) is 28.1. The van der Waals surface area contributed by atoms with Crippen LogP contribution in [0, 0.1) is 0 Å². The van der Waals surface area contributed by atoms with Crippen molar-refractivity contribution in [2.24, 2.45) is 0 Å². The lowest BCUT2D eigenvalue weighted by Gasteiger charge is -2.05. The first kappa shape index (κ1) is 32.9. The number of ether oxygens (including phenoxy) is 2. The largest absolute Gasteiger partial charge is 0.493 e. The first-order valence-electron chi connectivity index (χ1n) is 12.0. The molecular weight excluding hydrogens is 484 g/mol. The Labute approximate surface area is 216 Å². The van der Waals surface area contributed by atoms with Crippen LogP contribution in [0.15, 0.2) is 48.5 Å². The van der Waals surface area contributed by atoms with E-state index < -0.39 is 23.9 Å². The number of hydrogen-bond acceptors (Lipinski definition) is 6. The van der Waals surface area contributed by atoms with Gasteiger partial charge in [-0.05, 0) is 51.0 Å². The number of rotatable bonds is 14. The lowest BCUT2D eigenvalue weighted by Crippen LogP contribution is -2.01. The minimum absolute atomic E-state index is 0.208. The number of carbonyl (C=O) groups is 4. The van der Waals surface area contributed by atoms with Gasteiger partial charge >= 0.3 is 23.9 Å². The third kappa shape index (κ3) is 16.3. The van der Waals surface area contributed by atoms with Gasteiger partial charge in [-0.15, -0.1) is 0 Å². The number of aliphatic carboxylic acids is 2. The van der Waals surface area contributed by atoms with Crippen molar-refractivity contribution in [3.05, 3.63) is 59.7 Å². The molecule has 0 aliphatic rings. The summed E-state index contributed by atoms with van der Waals surface area (Å²) in [6.45, 7) is 4.59. The van der Waals surface area contributed by atoms with Crippen molar-refractivity contribution in [3.63, 3.8) is 0 Å². The molecule has 4 N–H and O–H groups in total. The topological polar surface area (TPSA) is 168 Å². The number of carboxylic acid groups (broad SMARTS) is 4. The molecule has 0 spiro atoms. The second kappa shape index (κ2) is 20.1. The minimum atomic E-state index is -0.959. The monoisotopic (exact) mass is 520 g/mol. The van der Waals surface area contributed by atoms with E-state index in [0.717, 1.165) is 19.3 Å². The summed E-state index contributed by atoms with van der Waals surface area (Å²) < 4.78 is 10.2. The fourth-order valence-corrected chi connectivity index (χ4v) is 2.93. The van der Waals surface area contributed by atoms with E-state index in [4.69, 9.17) is 29.9 Å². The average molecular weight is 521 g/mol. The highest BCUT2D eigenvalue weighted by molar-refractivity contribution is 5.91. The Morgan fingerprint density at radius 2 is 0.892 bits per heavy atom. The Balaban J connectivity index is 0.000000526. The molecule has 0 heterocycles. The summed E-state index contributed by atoms with van der Waals surface area (Å²) >= 11 is 0. The average Bonchev–Trinajstić information content (AvgIpc) is 2.85. The van der Waals surface area contributed by atoms with Crippen molar-refractivity contribution < 1.29 is 49.1 Å². The first-order valence-corrected chi connectivity index (χ1v) is 12.0. The predicted molar refractivity (Wildman–Crippen MR) is 137 cm³/mol. The molecule has 0 atom stereocenters. The molecule has 0 radical (unpaired) electrons. The number of para-hydroxylation sites is 2. The lowest BCUT2D eigenvalue weighted by atomic mass is 10.1. The van der Waals surface area contributed by atoms with E-state index in [9.17, 15) is 19.2 Å². The van der Waals surface area contributed by atoms with E-state index in [1.165, 1.54) is 12.1 Å². The molecule has 0 saturated carbocycles. The Morgan fingerprint density at radius 1 is 0.568 bits per heavy atom. The zero-order valence-electron chi connectivity index (χ0n) is 21.2. The van der Waals surface area contributed by atoms with E-state index in [1.807, 2.05) is 13.8 Å². The summed E-state index contributed by atoms with van der Waals surface area (Å²) in [5, 5.41) is 34.0. The number of aromatic carboxylic acids is 2. The van der Waals surface area contributed by atoms with Crippen molar-refractivity contribution in [2.75, 3.05) is 13.2 Å². The third-order valence-electron chi connectivity index (χ3n) is 4.62. The van der Waals surface area contributed by atoms with E-state index in [1.54, 1.807) is 36.4 Å². The van der Waals surface area contributed by atoms with Gasteiger partial charge < -0.3 is 29.9 Å². The second-order valence-electron chi connectivity index (χ2n) is 7.52. The van der Waals surface area contributed by atoms with E-state index in [2.05, 4.69) is 0 Å². The van der Waals surface area contributed by atoms with Gasteiger partial charge in [-0.3, -0.25) is 9.59 Å². The molecule has 0 aliphatic carbocycles. The predicted octanol–water partition coefficient (Wildman–Crippen LogP) is 5.45. The summed E-state index contributed by atoms with van der Waals surface area (Å²) in [4.78, 5) is 41.4. The van der Waals surface area contributed by atoms with E-state index in [-0.39, 0.29) is 24.0 Å². The number of unbranched alkanes of at least 4 members (excludes halogenated alkanes) is 4. The Morgan fingerprint density at radius 3 is 1.19 bits per heavy atom. The minimum Gasteiger partial charge on any atom is -0.493 e. The molecule has 2 aromatic rings. The maximum atomic E-state index is 10.6. The van der Waals surface area contributed by atoms with Gasteiger partial charge in [-0.2, -0.15) is 0 Å². The Hall–Kier alpha value is -4.08. The number of carboxylic acids is 4. The molecule has 37 heavy (non-hydrogen) atoms. The highest BCUT2D eigenvalue weighted by atomic mass is 16.5. The fraction of sp³-hybridized carbons (Fsp3) is 0.407. The van der Waals surface area contributed by atoms with Crippen LogP contribution < -0.4 is 9.47 Å². The molecule has 0 aromatic heterocycles. The molecular formula is C27H36O10. The quantitative estimate of drug-likeness (QED) is 0.235. The van der Waals surface area contributed by atoms with Crippen molar-refractivity contribution in [1.29, 1.82) is 0 Å². The molecule has 0 bridgehead atoms. The normalized spacial score (nSPS) is 9.57. The van der Waals surface area contributed by atoms with Crippen LogP contribution in [-0.2, 0) is 9.59 Å². The molecule has 2 aromatic carbocycles. The van der Waals surface area contributed by atoms with E-state index in [0.29, 0.717) is 37.6 Å². The SMILES string of the molecule is CCOc1ccccc1C(=O)O.CCOc1ccccc1C(=O)O.O=C(O)CCCCCCCC(=O)O. The molecule has 10 heteroatoms. The maximum absolute atomic E-state index is 10.6. The summed E-state index contributed by atoms with van der Waals surface area (Å²) in [6.07, 6.45) is 4.53. The van der Waals surface area contributed by atoms with E-state index >= 15 is 0 Å². The van der Waals surface area contributed by atoms with Gasteiger partial charge in [-0.1, -0.05) is 43.5 Å². The van der Waals surface area contributed by atoms with Gasteiger partial charge in [0.2, 0.25) is 0 Å². The van der Waals surface area contributed by atoms with Crippen LogP contribution in [0.1, 0.15) is 79.5 Å². The van der Waals surface area contributed by atoms with Crippen molar-refractivity contribution in [1.82, 2.24) is 0 Å². The zero-order valence-corrected chi connectivity index (χ0v) is 21.2. The van der Waals surface area contributed by atoms with Crippen LogP contribution in [0.5, 0.6) is 11.5 Å².